The highest BCUT2D eigenvalue weighted by molar-refractivity contribution is 5.95. The predicted octanol–water partition coefficient (Wildman–Crippen LogP) is 2.74. The van der Waals surface area contributed by atoms with Gasteiger partial charge < -0.3 is 23.8 Å². The lowest BCUT2D eigenvalue weighted by molar-refractivity contribution is 0.00708. The number of hydrogen-bond donors (Lipinski definition) is 0. The van der Waals surface area contributed by atoms with E-state index in [0.717, 1.165) is 25.9 Å². The van der Waals surface area contributed by atoms with Crippen molar-refractivity contribution in [3.8, 4) is 17.2 Å². The van der Waals surface area contributed by atoms with E-state index in [2.05, 4.69) is 0 Å². The third-order valence-electron chi connectivity index (χ3n) is 4.32. The Hall–Kier alpha value is -1.95. The molecule has 1 aromatic rings. The number of benzene rings is 1. The fourth-order valence-corrected chi connectivity index (χ4v) is 2.90. The first-order valence-electron chi connectivity index (χ1n) is 8.27. The first kappa shape index (κ1) is 18.4. The van der Waals surface area contributed by atoms with Gasteiger partial charge in [-0.25, -0.2) is 0 Å². The molecule has 0 radical (unpaired) electrons. The Labute approximate surface area is 143 Å². The summed E-state index contributed by atoms with van der Waals surface area (Å²) in [6.07, 6.45) is 4.53. The molecular formula is C18H27NO5. The summed E-state index contributed by atoms with van der Waals surface area (Å²) >= 11 is 0. The molecule has 1 unspecified atom stereocenters. The molecule has 24 heavy (non-hydrogen) atoms. The zero-order valence-corrected chi connectivity index (χ0v) is 15.0. The summed E-state index contributed by atoms with van der Waals surface area (Å²) in [5.41, 5.74) is 0.511. The normalized spacial score (nSPS) is 17.2. The van der Waals surface area contributed by atoms with Crippen molar-refractivity contribution >= 4 is 5.91 Å². The third-order valence-corrected chi connectivity index (χ3v) is 4.32. The van der Waals surface area contributed by atoms with Crippen LogP contribution in [0.15, 0.2) is 12.1 Å². The van der Waals surface area contributed by atoms with E-state index in [0.29, 0.717) is 29.4 Å². The smallest absolute Gasteiger partial charge is 0.253 e. The van der Waals surface area contributed by atoms with Gasteiger partial charge in [-0.15, -0.1) is 0 Å². The standard InChI is InChI=1S/C18H27NO5/c1-19(9-8-14-7-5-6-10-24-14)18(20)13-11-15(21-2)17(23-4)16(12-13)22-3/h11-12,14H,5-10H2,1-4H3. The molecule has 1 saturated heterocycles. The second kappa shape index (κ2) is 8.78. The minimum Gasteiger partial charge on any atom is -0.493 e. The number of methoxy groups -OCH3 is 3. The monoisotopic (exact) mass is 337 g/mol. The highest BCUT2D eigenvalue weighted by Crippen LogP contribution is 2.38. The van der Waals surface area contributed by atoms with Crippen LogP contribution in [-0.4, -0.2) is 58.4 Å². The second-order valence-corrected chi connectivity index (χ2v) is 5.92. The van der Waals surface area contributed by atoms with Crippen molar-refractivity contribution in [3.63, 3.8) is 0 Å². The van der Waals surface area contributed by atoms with Gasteiger partial charge >= 0.3 is 0 Å². The Morgan fingerprint density at radius 2 is 1.83 bits per heavy atom. The summed E-state index contributed by atoms with van der Waals surface area (Å²) < 4.78 is 21.6. The fraction of sp³-hybridized carbons (Fsp3) is 0.611. The number of nitrogens with zero attached hydrogens (tertiary/aromatic N) is 1. The van der Waals surface area contributed by atoms with Gasteiger partial charge in [0.15, 0.2) is 11.5 Å². The molecule has 1 amide bonds. The molecule has 6 nitrogen and oxygen atoms in total. The van der Waals surface area contributed by atoms with E-state index < -0.39 is 0 Å². The van der Waals surface area contributed by atoms with E-state index in [-0.39, 0.29) is 12.0 Å². The van der Waals surface area contributed by atoms with E-state index in [1.165, 1.54) is 27.8 Å². The van der Waals surface area contributed by atoms with Gasteiger partial charge in [-0.05, 0) is 37.8 Å². The number of hydrogen-bond acceptors (Lipinski definition) is 5. The van der Waals surface area contributed by atoms with Crippen molar-refractivity contribution in [1.82, 2.24) is 4.90 Å². The summed E-state index contributed by atoms with van der Waals surface area (Å²) in [5, 5.41) is 0. The Bertz CT molecular complexity index is 529. The topological polar surface area (TPSA) is 57.2 Å². The molecule has 0 N–H and O–H groups in total. The van der Waals surface area contributed by atoms with Crippen LogP contribution in [0.2, 0.25) is 0 Å². The quantitative estimate of drug-likeness (QED) is 0.766. The number of amides is 1. The molecule has 1 atom stereocenters. The number of ether oxygens (including phenoxy) is 4. The highest BCUT2D eigenvalue weighted by Gasteiger charge is 2.21. The lowest BCUT2D eigenvalue weighted by Crippen LogP contribution is -2.31. The van der Waals surface area contributed by atoms with Crippen LogP contribution in [0, 0.1) is 0 Å². The van der Waals surface area contributed by atoms with Gasteiger partial charge in [0.25, 0.3) is 5.91 Å². The predicted molar refractivity (Wildman–Crippen MR) is 91.3 cm³/mol. The maximum absolute atomic E-state index is 12.7. The van der Waals surface area contributed by atoms with Gasteiger partial charge in [0, 0.05) is 25.8 Å². The molecule has 1 fully saturated rings. The summed E-state index contributed by atoms with van der Waals surface area (Å²) in [6.45, 7) is 1.48. The van der Waals surface area contributed by atoms with Crippen LogP contribution < -0.4 is 14.2 Å². The Morgan fingerprint density at radius 3 is 2.33 bits per heavy atom. The van der Waals surface area contributed by atoms with E-state index in [1.54, 1.807) is 24.1 Å². The zero-order chi connectivity index (χ0) is 17.5. The summed E-state index contributed by atoms with van der Waals surface area (Å²) in [4.78, 5) is 14.4. The number of carbonyl (C=O) groups is 1. The van der Waals surface area contributed by atoms with E-state index >= 15 is 0 Å². The van der Waals surface area contributed by atoms with Crippen LogP contribution in [0.25, 0.3) is 0 Å². The lowest BCUT2D eigenvalue weighted by Gasteiger charge is -2.25. The van der Waals surface area contributed by atoms with Crippen LogP contribution in [0.4, 0.5) is 0 Å². The Morgan fingerprint density at radius 1 is 1.17 bits per heavy atom. The average Bonchev–Trinajstić information content (AvgIpc) is 2.64. The molecule has 0 aliphatic carbocycles. The van der Waals surface area contributed by atoms with Crippen molar-refractivity contribution in [2.75, 3.05) is 41.5 Å². The van der Waals surface area contributed by atoms with E-state index in [1.807, 2.05) is 0 Å². The molecule has 1 heterocycles. The number of carbonyl (C=O) groups excluding carboxylic acids is 1. The van der Waals surface area contributed by atoms with Crippen molar-refractivity contribution in [2.45, 2.75) is 31.8 Å². The first-order valence-corrected chi connectivity index (χ1v) is 8.27. The Balaban J connectivity index is 2.07. The summed E-state index contributed by atoms with van der Waals surface area (Å²) in [7, 11) is 6.41. The Kier molecular flexibility index (Phi) is 6.73. The molecular weight excluding hydrogens is 310 g/mol. The van der Waals surface area contributed by atoms with Crippen molar-refractivity contribution < 1.29 is 23.7 Å². The lowest BCUT2D eigenvalue weighted by atomic mass is 10.1. The van der Waals surface area contributed by atoms with Gasteiger partial charge in [-0.1, -0.05) is 0 Å². The maximum Gasteiger partial charge on any atom is 0.253 e. The largest absolute Gasteiger partial charge is 0.493 e. The minimum atomic E-state index is -0.0786. The molecule has 0 spiro atoms. The van der Waals surface area contributed by atoms with Crippen molar-refractivity contribution in [3.05, 3.63) is 17.7 Å². The van der Waals surface area contributed by atoms with Crippen molar-refractivity contribution in [1.29, 1.82) is 0 Å². The highest BCUT2D eigenvalue weighted by atomic mass is 16.5. The van der Waals surface area contributed by atoms with Crippen LogP contribution in [0.3, 0.4) is 0 Å². The average molecular weight is 337 g/mol. The van der Waals surface area contributed by atoms with Crippen molar-refractivity contribution in [2.24, 2.45) is 0 Å². The third kappa shape index (κ3) is 4.32. The van der Waals surface area contributed by atoms with Gasteiger partial charge in [0.2, 0.25) is 5.75 Å². The first-order chi connectivity index (χ1) is 11.6. The molecule has 1 aromatic carbocycles. The molecule has 2 rings (SSSR count). The second-order valence-electron chi connectivity index (χ2n) is 5.92. The molecule has 6 heteroatoms. The van der Waals surface area contributed by atoms with E-state index in [9.17, 15) is 4.79 Å². The van der Waals surface area contributed by atoms with Crippen LogP contribution in [0.1, 0.15) is 36.0 Å². The van der Waals surface area contributed by atoms with Gasteiger partial charge in [-0.3, -0.25) is 4.79 Å². The SMILES string of the molecule is COc1cc(C(=O)N(C)CCC2CCCCO2)cc(OC)c1OC. The molecule has 0 saturated carbocycles. The molecule has 0 aromatic heterocycles. The molecule has 134 valence electrons. The van der Waals surface area contributed by atoms with Crippen LogP contribution in [-0.2, 0) is 4.74 Å². The summed E-state index contributed by atoms with van der Waals surface area (Å²) in [5.74, 6) is 1.35. The minimum absolute atomic E-state index is 0.0786. The summed E-state index contributed by atoms with van der Waals surface area (Å²) in [6, 6.07) is 3.36. The fourth-order valence-electron chi connectivity index (χ4n) is 2.90. The van der Waals surface area contributed by atoms with Gasteiger partial charge in [0.05, 0.1) is 27.4 Å². The molecule has 0 bridgehead atoms. The molecule has 1 aliphatic heterocycles. The number of rotatable bonds is 7. The van der Waals surface area contributed by atoms with Crippen LogP contribution in [0.5, 0.6) is 17.2 Å². The maximum atomic E-state index is 12.7. The van der Waals surface area contributed by atoms with Gasteiger partial charge in [-0.2, -0.15) is 0 Å². The van der Waals surface area contributed by atoms with Gasteiger partial charge in [0.1, 0.15) is 0 Å². The molecule has 1 aliphatic rings. The zero-order valence-electron chi connectivity index (χ0n) is 15.0. The van der Waals surface area contributed by atoms with E-state index in [4.69, 9.17) is 18.9 Å². The van der Waals surface area contributed by atoms with Crippen LogP contribution >= 0.6 is 0 Å².